The molecule has 1 aromatic rings. The van der Waals surface area contributed by atoms with Crippen molar-refractivity contribution >= 4 is 46.3 Å². The van der Waals surface area contributed by atoms with Gasteiger partial charge in [-0.15, -0.1) is 0 Å². The van der Waals surface area contributed by atoms with E-state index < -0.39 is 12.1 Å². The number of amides is 1. The van der Waals surface area contributed by atoms with E-state index in [4.69, 9.17) is 22.1 Å². The molecule has 0 spiro atoms. The Labute approximate surface area is 125 Å². The fourth-order valence-electron chi connectivity index (χ4n) is 1.47. The van der Waals surface area contributed by atoms with Gasteiger partial charge >= 0.3 is 5.97 Å². The molecule has 1 aliphatic rings. The molecule has 20 heavy (non-hydrogen) atoms. The van der Waals surface area contributed by atoms with Crippen molar-refractivity contribution in [3.05, 3.63) is 34.7 Å². The number of carbonyl (C=O) groups excluding carboxylic acids is 1. The van der Waals surface area contributed by atoms with E-state index >= 15 is 0 Å². The quantitative estimate of drug-likeness (QED) is 0.655. The van der Waals surface area contributed by atoms with Gasteiger partial charge in [0, 0.05) is 0 Å². The third-order valence-corrected chi connectivity index (χ3v) is 3.64. The predicted molar refractivity (Wildman–Crippen MR) is 80.5 cm³/mol. The fourth-order valence-corrected chi connectivity index (χ4v) is 2.51. The average molecular weight is 309 g/mol. The lowest BCUT2D eigenvalue weighted by Gasteiger charge is -2.10. The highest BCUT2D eigenvalue weighted by molar-refractivity contribution is 8.26. The number of rotatable bonds is 4. The second-order valence-electron chi connectivity index (χ2n) is 4.02. The lowest BCUT2D eigenvalue weighted by molar-refractivity contribution is -0.144. The summed E-state index contributed by atoms with van der Waals surface area (Å²) < 4.78 is 5.65. The Morgan fingerprint density at radius 1 is 1.45 bits per heavy atom. The number of aliphatic carboxylic acids is 1. The Kier molecular flexibility index (Phi) is 4.41. The molecule has 0 aromatic heterocycles. The van der Waals surface area contributed by atoms with Crippen molar-refractivity contribution < 1.29 is 19.4 Å². The number of thioether (sulfide) groups is 1. The number of thiocarbonyl (C=S) groups is 1. The van der Waals surface area contributed by atoms with Gasteiger partial charge in [0.2, 0.25) is 0 Å². The maximum atomic E-state index is 11.5. The monoisotopic (exact) mass is 309 g/mol. The van der Waals surface area contributed by atoms with E-state index in [2.05, 4.69) is 5.32 Å². The van der Waals surface area contributed by atoms with Crippen molar-refractivity contribution in [3.8, 4) is 5.75 Å². The van der Waals surface area contributed by atoms with E-state index in [0.717, 1.165) is 5.56 Å². The summed E-state index contributed by atoms with van der Waals surface area (Å²) in [6.45, 7) is 1.46. The Hall–Kier alpha value is -1.86. The van der Waals surface area contributed by atoms with Crippen LogP contribution in [0.5, 0.6) is 5.75 Å². The fraction of sp³-hybridized carbons (Fsp3) is 0.154. The molecule has 2 N–H and O–H groups in total. The van der Waals surface area contributed by atoms with Crippen LogP contribution in [-0.4, -0.2) is 27.4 Å². The van der Waals surface area contributed by atoms with Crippen LogP contribution in [0.25, 0.3) is 6.08 Å². The van der Waals surface area contributed by atoms with Crippen molar-refractivity contribution in [1.82, 2.24) is 5.32 Å². The number of carbonyl (C=O) groups is 2. The second kappa shape index (κ2) is 6.06. The standard InChI is InChI=1S/C13H11NO4S2/c1-7(12(16)17)18-9-4-2-8(3-5-9)6-10-11(15)14-13(19)20-10/h2-7H,1H3,(H,16,17)(H,14,15,19)/b10-6+. The average Bonchev–Trinajstić information content (AvgIpc) is 2.70. The van der Waals surface area contributed by atoms with E-state index in [-0.39, 0.29) is 5.91 Å². The number of benzene rings is 1. The molecule has 0 radical (unpaired) electrons. The first kappa shape index (κ1) is 14.5. The first-order valence-corrected chi connectivity index (χ1v) is 6.92. The third-order valence-electron chi connectivity index (χ3n) is 2.48. The number of carboxylic acid groups (broad SMARTS) is 1. The van der Waals surface area contributed by atoms with Crippen molar-refractivity contribution in [1.29, 1.82) is 0 Å². The first-order valence-electron chi connectivity index (χ1n) is 5.70. The number of carboxylic acids is 1. The minimum absolute atomic E-state index is 0.208. The summed E-state index contributed by atoms with van der Waals surface area (Å²) in [5.41, 5.74) is 0.808. The molecule has 1 fully saturated rings. The Morgan fingerprint density at radius 2 is 2.10 bits per heavy atom. The lowest BCUT2D eigenvalue weighted by atomic mass is 10.2. The highest BCUT2D eigenvalue weighted by Gasteiger charge is 2.21. The molecule has 1 heterocycles. The molecule has 2 rings (SSSR count). The molecular formula is C13H11NO4S2. The molecule has 1 unspecified atom stereocenters. The molecule has 5 nitrogen and oxygen atoms in total. The lowest BCUT2D eigenvalue weighted by Crippen LogP contribution is -2.22. The van der Waals surface area contributed by atoms with Gasteiger partial charge in [0.15, 0.2) is 6.10 Å². The van der Waals surface area contributed by atoms with Gasteiger partial charge in [-0.1, -0.05) is 36.1 Å². The van der Waals surface area contributed by atoms with Gasteiger partial charge < -0.3 is 15.2 Å². The summed E-state index contributed by atoms with van der Waals surface area (Å²) in [5.74, 6) is -0.773. The molecule has 0 aliphatic carbocycles. The number of ether oxygens (including phenoxy) is 1. The van der Waals surface area contributed by atoms with E-state index in [1.807, 2.05) is 0 Å². The Bertz CT molecular complexity index is 595. The van der Waals surface area contributed by atoms with Crippen LogP contribution in [0.1, 0.15) is 12.5 Å². The minimum atomic E-state index is -1.02. The molecule has 104 valence electrons. The second-order valence-corrected chi connectivity index (χ2v) is 5.74. The highest BCUT2D eigenvalue weighted by atomic mass is 32.2. The molecule has 1 saturated heterocycles. The van der Waals surface area contributed by atoms with E-state index in [0.29, 0.717) is 15.0 Å². The van der Waals surface area contributed by atoms with Gasteiger partial charge in [-0.25, -0.2) is 4.79 Å². The summed E-state index contributed by atoms with van der Waals surface area (Å²) in [6, 6.07) is 6.79. The SMILES string of the molecule is CC(Oc1ccc(/C=C2/SC(=S)NC2=O)cc1)C(=O)O. The molecule has 0 saturated carbocycles. The summed E-state index contributed by atoms with van der Waals surface area (Å²) >= 11 is 6.11. The largest absolute Gasteiger partial charge is 0.479 e. The van der Waals surface area contributed by atoms with Crippen LogP contribution in [0, 0.1) is 0 Å². The van der Waals surface area contributed by atoms with Crippen LogP contribution in [-0.2, 0) is 9.59 Å². The Balaban J connectivity index is 2.09. The van der Waals surface area contributed by atoms with Crippen molar-refractivity contribution in [2.45, 2.75) is 13.0 Å². The molecule has 1 atom stereocenters. The topological polar surface area (TPSA) is 75.6 Å². The maximum absolute atomic E-state index is 11.5. The van der Waals surface area contributed by atoms with Crippen LogP contribution in [0.4, 0.5) is 0 Å². The minimum Gasteiger partial charge on any atom is -0.479 e. The zero-order valence-electron chi connectivity index (χ0n) is 10.5. The van der Waals surface area contributed by atoms with E-state index in [1.165, 1.54) is 18.7 Å². The smallest absolute Gasteiger partial charge is 0.344 e. The third kappa shape index (κ3) is 3.58. The van der Waals surface area contributed by atoms with Gasteiger partial charge in [0.05, 0.1) is 4.91 Å². The Morgan fingerprint density at radius 3 is 2.60 bits per heavy atom. The molecule has 1 aliphatic heterocycles. The van der Waals surface area contributed by atoms with Gasteiger partial charge in [-0.3, -0.25) is 4.79 Å². The van der Waals surface area contributed by atoms with E-state index in [9.17, 15) is 9.59 Å². The zero-order valence-corrected chi connectivity index (χ0v) is 12.1. The number of nitrogens with one attached hydrogen (secondary N) is 1. The van der Waals surface area contributed by atoms with Gasteiger partial charge in [-0.2, -0.15) is 0 Å². The van der Waals surface area contributed by atoms with Crippen molar-refractivity contribution in [3.63, 3.8) is 0 Å². The van der Waals surface area contributed by atoms with Crippen LogP contribution >= 0.6 is 24.0 Å². The van der Waals surface area contributed by atoms with Crippen LogP contribution in [0.3, 0.4) is 0 Å². The molecule has 7 heteroatoms. The predicted octanol–water partition coefficient (Wildman–Crippen LogP) is 2.03. The molecule has 1 amide bonds. The van der Waals surface area contributed by atoms with Crippen molar-refractivity contribution in [2.75, 3.05) is 0 Å². The first-order chi connectivity index (χ1) is 9.45. The van der Waals surface area contributed by atoms with Gasteiger partial charge in [0.1, 0.15) is 10.1 Å². The molecule has 0 bridgehead atoms. The number of hydrogen-bond donors (Lipinski definition) is 2. The zero-order chi connectivity index (χ0) is 14.7. The van der Waals surface area contributed by atoms with Crippen LogP contribution < -0.4 is 10.1 Å². The van der Waals surface area contributed by atoms with Crippen LogP contribution in [0.15, 0.2) is 29.2 Å². The number of hydrogen-bond acceptors (Lipinski definition) is 5. The van der Waals surface area contributed by atoms with Gasteiger partial charge in [-0.05, 0) is 30.7 Å². The van der Waals surface area contributed by atoms with Crippen LogP contribution in [0.2, 0.25) is 0 Å². The van der Waals surface area contributed by atoms with Gasteiger partial charge in [0.25, 0.3) is 5.91 Å². The normalized spacial score (nSPS) is 17.9. The molecule has 1 aromatic carbocycles. The summed E-state index contributed by atoms with van der Waals surface area (Å²) in [5, 5.41) is 11.3. The summed E-state index contributed by atoms with van der Waals surface area (Å²) in [4.78, 5) is 22.7. The highest BCUT2D eigenvalue weighted by Crippen LogP contribution is 2.26. The van der Waals surface area contributed by atoms with Crippen molar-refractivity contribution in [2.24, 2.45) is 0 Å². The maximum Gasteiger partial charge on any atom is 0.344 e. The summed E-state index contributed by atoms with van der Waals surface area (Å²) in [6.07, 6.45) is 0.803. The summed E-state index contributed by atoms with van der Waals surface area (Å²) in [7, 11) is 0. The molecular weight excluding hydrogens is 298 g/mol. The van der Waals surface area contributed by atoms with E-state index in [1.54, 1.807) is 30.3 Å².